The average molecular weight is 708 g/mol. The minimum absolute atomic E-state index is 0.0258. The summed E-state index contributed by atoms with van der Waals surface area (Å²) in [7, 11) is 0. The third kappa shape index (κ3) is 6.88. The quantitative estimate of drug-likeness (QED) is 0.253. The molecule has 1 aromatic carbocycles. The second-order valence-electron chi connectivity index (χ2n) is 15.2. The van der Waals surface area contributed by atoms with E-state index in [0.29, 0.717) is 38.4 Å². The first kappa shape index (κ1) is 34.2. The van der Waals surface area contributed by atoms with Crippen LogP contribution >= 0.6 is 11.6 Å². The SMILES string of the molecule is CC(C)N(C(=O)c1cc(F)ccc1Oc1nnc(Cl)nc1N1CC2(CC(Oc3ccnc4c3CCN(C(=O)OC(C)(C)C)C4)C2)C1)C1CCC1. The smallest absolute Gasteiger partial charge is 0.410 e. The summed E-state index contributed by atoms with van der Waals surface area (Å²) in [6.07, 6.45) is 6.71. The van der Waals surface area contributed by atoms with Gasteiger partial charge >= 0.3 is 6.09 Å². The van der Waals surface area contributed by atoms with Gasteiger partial charge in [-0.1, -0.05) is 0 Å². The summed E-state index contributed by atoms with van der Waals surface area (Å²) in [6, 6.07) is 5.89. The van der Waals surface area contributed by atoms with Gasteiger partial charge in [0.25, 0.3) is 11.8 Å². The van der Waals surface area contributed by atoms with E-state index < -0.39 is 11.4 Å². The lowest BCUT2D eigenvalue weighted by molar-refractivity contribution is -0.0352. The highest BCUT2D eigenvalue weighted by molar-refractivity contribution is 6.28. The summed E-state index contributed by atoms with van der Waals surface area (Å²) < 4.78 is 32.7. The number of carbonyl (C=O) groups excluding carboxylic acids is 2. The molecule has 0 N–H and O–H groups in total. The lowest BCUT2D eigenvalue weighted by Crippen LogP contribution is -2.65. The summed E-state index contributed by atoms with van der Waals surface area (Å²) in [6.45, 7) is 11.8. The molecular weight excluding hydrogens is 665 g/mol. The molecular formula is C36H43ClFN7O5. The first-order valence-electron chi connectivity index (χ1n) is 17.3. The molecule has 4 heterocycles. The van der Waals surface area contributed by atoms with Crippen molar-refractivity contribution in [3.05, 3.63) is 58.4 Å². The molecule has 0 radical (unpaired) electrons. The Hall–Kier alpha value is -4.26. The second-order valence-corrected chi connectivity index (χ2v) is 15.6. The highest BCUT2D eigenvalue weighted by Gasteiger charge is 2.54. The van der Waals surface area contributed by atoms with E-state index >= 15 is 0 Å². The summed E-state index contributed by atoms with van der Waals surface area (Å²) in [4.78, 5) is 40.9. The number of carbonyl (C=O) groups is 2. The number of fused-ring (bicyclic) bond motifs is 1. The van der Waals surface area contributed by atoms with Crippen LogP contribution in [-0.4, -0.2) is 85.4 Å². The zero-order chi connectivity index (χ0) is 35.4. The highest BCUT2D eigenvalue weighted by atomic mass is 35.5. The number of hydrogen-bond donors (Lipinski definition) is 0. The monoisotopic (exact) mass is 707 g/mol. The van der Waals surface area contributed by atoms with Gasteiger partial charge in [0.05, 0.1) is 17.8 Å². The van der Waals surface area contributed by atoms with Crippen molar-refractivity contribution in [1.82, 2.24) is 30.0 Å². The Morgan fingerprint density at radius 2 is 1.86 bits per heavy atom. The summed E-state index contributed by atoms with van der Waals surface area (Å²) >= 11 is 6.19. The number of amides is 2. The van der Waals surface area contributed by atoms with Gasteiger partial charge in [0.2, 0.25) is 5.28 Å². The second kappa shape index (κ2) is 13.1. The van der Waals surface area contributed by atoms with E-state index in [-0.39, 0.29) is 58.1 Å². The number of pyridine rings is 1. The van der Waals surface area contributed by atoms with Crippen LogP contribution < -0.4 is 14.4 Å². The molecule has 2 aromatic heterocycles. The minimum atomic E-state index is -0.561. The topological polar surface area (TPSA) is 123 Å². The molecule has 2 amide bonds. The zero-order valence-electron chi connectivity index (χ0n) is 29.1. The van der Waals surface area contributed by atoms with Gasteiger partial charge in [0, 0.05) is 48.9 Å². The maximum atomic E-state index is 14.5. The fourth-order valence-corrected chi connectivity index (χ4v) is 7.53. The van der Waals surface area contributed by atoms with Gasteiger partial charge in [-0.15, -0.1) is 10.2 Å². The number of anilines is 1. The van der Waals surface area contributed by atoms with E-state index in [9.17, 15) is 14.0 Å². The molecule has 7 rings (SSSR count). The molecule has 0 unspecified atom stereocenters. The molecule has 2 aliphatic carbocycles. The predicted molar refractivity (Wildman–Crippen MR) is 183 cm³/mol. The lowest BCUT2D eigenvalue weighted by atomic mass is 9.61. The molecule has 50 heavy (non-hydrogen) atoms. The zero-order valence-corrected chi connectivity index (χ0v) is 29.9. The van der Waals surface area contributed by atoms with Crippen LogP contribution in [-0.2, 0) is 17.7 Å². The predicted octanol–water partition coefficient (Wildman–Crippen LogP) is 6.60. The van der Waals surface area contributed by atoms with Crippen LogP contribution in [0.4, 0.5) is 15.0 Å². The van der Waals surface area contributed by atoms with Crippen molar-refractivity contribution < 1.29 is 28.2 Å². The Morgan fingerprint density at radius 1 is 1.10 bits per heavy atom. The molecule has 266 valence electrons. The van der Waals surface area contributed by atoms with Crippen LogP contribution in [0.1, 0.15) is 88.3 Å². The number of rotatable bonds is 8. The molecule has 0 atom stereocenters. The molecule has 1 spiro atoms. The minimum Gasteiger partial charge on any atom is -0.490 e. The Labute approximate surface area is 296 Å². The van der Waals surface area contributed by atoms with E-state index in [2.05, 4.69) is 20.2 Å². The number of ether oxygens (including phenoxy) is 3. The van der Waals surface area contributed by atoms with Crippen LogP contribution in [0.15, 0.2) is 30.5 Å². The van der Waals surface area contributed by atoms with Gasteiger partial charge in [-0.3, -0.25) is 9.78 Å². The van der Waals surface area contributed by atoms with Crippen molar-refractivity contribution in [3.63, 3.8) is 0 Å². The Kier molecular flexibility index (Phi) is 8.98. The first-order chi connectivity index (χ1) is 23.8. The van der Waals surface area contributed by atoms with Crippen molar-refractivity contribution in [2.45, 2.75) is 103 Å². The number of nitrogens with zero attached hydrogens (tertiary/aromatic N) is 7. The van der Waals surface area contributed by atoms with Crippen LogP contribution in [0, 0.1) is 11.2 Å². The van der Waals surface area contributed by atoms with Crippen molar-refractivity contribution in [2.75, 3.05) is 24.5 Å². The molecule has 4 aliphatic rings. The fourth-order valence-electron chi connectivity index (χ4n) is 7.41. The van der Waals surface area contributed by atoms with Crippen LogP contribution in [0.3, 0.4) is 0 Å². The average Bonchev–Trinajstić information content (AvgIpc) is 2.99. The molecule has 14 heteroatoms. The first-order valence-corrected chi connectivity index (χ1v) is 17.7. The Bertz CT molecular complexity index is 1780. The molecule has 3 fully saturated rings. The number of halogens is 2. The van der Waals surface area contributed by atoms with Gasteiger partial charge in [-0.25, -0.2) is 9.18 Å². The molecule has 0 bridgehead atoms. The van der Waals surface area contributed by atoms with Crippen molar-refractivity contribution in [2.24, 2.45) is 5.41 Å². The third-order valence-corrected chi connectivity index (χ3v) is 10.1. The van der Waals surface area contributed by atoms with Crippen molar-refractivity contribution in [3.8, 4) is 17.4 Å². The van der Waals surface area contributed by atoms with E-state index in [4.69, 9.17) is 25.8 Å². The molecule has 2 aliphatic heterocycles. The molecule has 12 nitrogen and oxygen atoms in total. The van der Waals surface area contributed by atoms with Crippen LogP contribution in [0.25, 0.3) is 0 Å². The largest absolute Gasteiger partial charge is 0.490 e. The van der Waals surface area contributed by atoms with Crippen LogP contribution in [0.2, 0.25) is 5.28 Å². The maximum Gasteiger partial charge on any atom is 0.410 e. The van der Waals surface area contributed by atoms with Gasteiger partial charge in [0.15, 0.2) is 5.82 Å². The number of benzene rings is 1. The Morgan fingerprint density at radius 3 is 2.54 bits per heavy atom. The van der Waals surface area contributed by atoms with Crippen molar-refractivity contribution >= 4 is 29.4 Å². The molecule has 2 saturated carbocycles. The lowest BCUT2D eigenvalue weighted by Gasteiger charge is -2.58. The fraction of sp³-hybridized carbons (Fsp3) is 0.556. The van der Waals surface area contributed by atoms with E-state index in [1.165, 1.54) is 18.2 Å². The molecule has 3 aromatic rings. The number of hydrogen-bond acceptors (Lipinski definition) is 10. The van der Waals surface area contributed by atoms with Crippen LogP contribution in [0.5, 0.6) is 17.4 Å². The van der Waals surface area contributed by atoms with E-state index in [1.54, 1.807) is 11.1 Å². The van der Waals surface area contributed by atoms with E-state index in [1.807, 2.05) is 50.5 Å². The number of aromatic nitrogens is 4. The summed E-state index contributed by atoms with van der Waals surface area (Å²) in [5, 5.41) is 8.07. The van der Waals surface area contributed by atoms with Gasteiger partial charge in [0.1, 0.15) is 29.0 Å². The van der Waals surface area contributed by atoms with Gasteiger partial charge < -0.3 is 28.9 Å². The summed E-state index contributed by atoms with van der Waals surface area (Å²) in [5.41, 5.74) is 1.47. The van der Waals surface area contributed by atoms with Gasteiger partial charge in [-0.2, -0.15) is 4.98 Å². The van der Waals surface area contributed by atoms with Crippen molar-refractivity contribution in [1.29, 1.82) is 0 Å². The normalized spacial score (nSPS) is 18.6. The molecule has 1 saturated heterocycles. The van der Waals surface area contributed by atoms with E-state index in [0.717, 1.165) is 49.1 Å². The highest BCUT2D eigenvalue weighted by Crippen LogP contribution is 2.52. The maximum absolute atomic E-state index is 14.5. The summed E-state index contributed by atoms with van der Waals surface area (Å²) in [5.74, 6) is 0.703. The van der Waals surface area contributed by atoms with Gasteiger partial charge in [-0.05, 0) is 109 Å². The standard InChI is InChI=1S/C36H43ClFN7O5/c1-21(2)45(23-7-6-8-23)32(46)26-15-22(38)9-10-28(26)49-31-30(40-33(37)42-41-31)44-19-36(20-44)16-24(17-36)48-29-11-13-39-27-18-43(14-12-25(27)29)34(47)50-35(3,4)5/h9-11,13,15,21,23-24H,6-8,12,14,16-20H2,1-5H3. The third-order valence-electron chi connectivity index (χ3n) is 9.94. The Balaban J connectivity index is 1.000.